The number of hydrogen-bond donors (Lipinski definition) is 1. The molecule has 102 valence electrons. The van der Waals surface area contributed by atoms with Crippen molar-refractivity contribution in [1.29, 1.82) is 0 Å². The molecule has 2 nitrogen and oxygen atoms in total. The molecule has 0 aromatic heterocycles. The van der Waals surface area contributed by atoms with Crippen LogP contribution < -0.4 is 5.32 Å². The number of halogens is 2. The zero-order chi connectivity index (χ0) is 13.2. The third-order valence-electron chi connectivity index (χ3n) is 2.62. The highest BCUT2D eigenvalue weighted by atomic mass is 35.5. The van der Waals surface area contributed by atoms with E-state index in [0.29, 0.717) is 10.0 Å². The number of benzene rings is 1. The lowest BCUT2D eigenvalue weighted by atomic mass is 10.2. The first-order chi connectivity index (χ1) is 8.74. The quantitative estimate of drug-likeness (QED) is 0.685. The van der Waals surface area contributed by atoms with E-state index in [0.717, 1.165) is 44.7 Å². The average Bonchev–Trinajstić information content (AvgIpc) is 2.35. The Morgan fingerprint density at radius 2 is 1.94 bits per heavy atom. The number of unbranched alkanes of at least 4 members (excludes halogenated alkanes) is 1. The van der Waals surface area contributed by atoms with Gasteiger partial charge in [0.15, 0.2) is 0 Å². The minimum absolute atomic E-state index is 0.674. The number of nitrogens with one attached hydrogen (secondary N) is 1. The Hall–Kier alpha value is -0.280. The zero-order valence-electron chi connectivity index (χ0n) is 10.8. The fraction of sp³-hybridized carbons (Fsp3) is 0.571. The first kappa shape index (κ1) is 15.8. The van der Waals surface area contributed by atoms with Crippen LogP contribution in [0.1, 0.15) is 31.7 Å². The number of rotatable bonds is 9. The summed E-state index contributed by atoms with van der Waals surface area (Å²) >= 11 is 11.9. The Morgan fingerprint density at radius 3 is 2.67 bits per heavy atom. The molecule has 0 saturated carbocycles. The molecular weight excluding hydrogens is 269 g/mol. The molecule has 1 rings (SSSR count). The highest BCUT2D eigenvalue weighted by molar-refractivity contribution is 6.35. The molecular formula is C14H21Cl2NO. The molecule has 1 N–H and O–H groups in total. The van der Waals surface area contributed by atoms with Crippen LogP contribution in [-0.2, 0) is 11.3 Å². The Morgan fingerprint density at radius 1 is 1.17 bits per heavy atom. The summed E-state index contributed by atoms with van der Waals surface area (Å²) in [5, 5.41) is 4.74. The van der Waals surface area contributed by atoms with Crippen LogP contribution in [0.15, 0.2) is 18.2 Å². The Balaban J connectivity index is 2.07. The van der Waals surface area contributed by atoms with Crippen molar-refractivity contribution in [1.82, 2.24) is 5.32 Å². The average molecular weight is 290 g/mol. The lowest BCUT2D eigenvalue weighted by molar-refractivity contribution is 0.129. The summed E-state index contributed by atoms with van der Waals surface area (Å²) in [5.41, 5.74) is 1.08. The van der Waals surface area contributed by atoms with E-state index < -0.39 is 0 Å². The first-order valence-electron chi connectivity index (χ1n) is 6.46. The summed E-state index contributed by atoms with van der Waals surface area (Å²) in [7, 11) is 0. The minimum atomic E-state index is 0.674. The lowest BCUT2D eigenvalue weighted by Crippen LogP contribution is -2.16. The van der Waals surface area contributed by atoms with Gasteiger partial charge < -0.3 is 10.1 Å². The van der Waals surface area contributed by atoms with E-state index in [1.165, 1.54) is 6.42 Å². The summed E-state index contributed by atoms with van der Waals surface area (Å²) < 4.78 is 5.48. The van der Waals surface area contributed by atoms with E-state index in [1.807, 2.05) is 12.1 Å². The minimum Gasteiger partial charge on any atom is -0.381 e. The van der Waals surface area contributed by atoms with E-state index in [1.54, 1.807) is 6.07 Å². The Labute approximate surface area is 120 Å². The lowest BCUT2D eigenvalue weighted by Gasteiger charge is -2.07. The molecule has 18 heavy (non-hydrogen) atoms. The van der Waals surface area contributed by atoms with E-state index >= 15 is 0 Å². The van der Waals surface area contributed by atoms with Gasteiger partial charge in [0, 0.05) is 29.8 Å². The molecule has 0 aliphatic rings. The van der Waals surface area contributed by atoms with Gasteiger partial charge in [0.2, 0.25) is 0 Å². The molecule has 0 aliphatic carbocycles. The number of hydrogen-bond acceptors (Lipinski definition) is 2. The predicted molar refractivity (Wildman–Crippen MR) is 78.5 cm³/mol. The van der Waals surface area contributed by atoms with Crippen molar-refractivity contribution in [3.8, 4) is 0 Å². The van der Waals surface area contributed by atoms with Crippen molar-refractivity contribution >= 4 is 23.2 Å². The summed E-state index contributed by atoms with van der Waals surface area (Å²) in [4.78, 5) is 0. The molecule has 0 fully saturated rings. The molecule has 1 aromatic carbocycles. The molecule has 1 aromatic rings. The van der Waals surface area contributed by atoms with Crippen LogP contribution in [-0.4, -0.2) is 19.8 Å². The SMILES string of the molecule is CCCCOCCCNCc1ccc(Cl)cc1Cl. The third kappa shape index (κ3) is 6.60. The van der Waals surface area contributed by atoms with Gasteiger partial charge in [0.1, 0.15) is 0 Å². The van der Waals surface area contributed by atoms with Gasteiger partial charge in [-0.2, -0.15) is 0 Å². The third-order valence-corrected chi connectivity index (χ3v) is 3.20. The zero-order valence-corrected chi connectivity index (χ0v) is 12.4. The van der Waals surface area contributed by atoms with Gasteiger partial charge >= 0.3 is 0 Å². The molecule has 0 heterocycles. The van der Waals surface area contributed by atoms with Crippen molar-refractivity contribution in [3.63, 3.8) is 0 Å². The van der Waals surface area contributed by atoms with Gasteiger partial charge in [-0.25, -0.2) is 0 Å². The molecule has 0 unspecified atom stereocenters. The topological polar surface area (TPSA) is 21.3 Å². The summed E-state index contributed by atoms with van der Waals surface area (Å²) in [6.07, 6.45) is 3.36. The summed E-state index contributed by atoms with van der Waals surface area (Å²) in [6.45, 7) is 5.57. The fourth-order valence-corrected chi connectivity index (χ4v) is 2.01. The van der Waals surface area contributed by atoms with Gasteiger partial charge in [0.05, 0.1) is 0 Å². The Bertz CT molecular complexity index is 345. The van der Waals surface area contributed by atoms with Crippen LogP contribution in [0.5, 0.6) is 0 Å². The van der Waals surface area contributed by atoms with Crippen molar-refractivity contribution in [2.24, 2.45) is 0 Å². The number of ether oxygens (including phenoxy) is 1. The summed E-state index contributed by atoms with van der Waals surface area (Å²) in [5.74, 6) is 0. The van der Waals surface area contributed by atoms with Crippen LogP contribution in [0.4, 0.5) is 0 Å². The van der Waals surface area contributed by atoms with Crippen LogP contribution in [0.3, 0.4) is 0 Å². The van der Waals surface area contributed by atoms with Gasteiger partial charge in [-0.15, -0.1) is 0 Å². The van der Waals surface area contributed by atoms with Crippen LogP contribution in [0.25, 0.3) is 0 Å². The monoisotopic (exact) mass is 289 g/mol. The maximum absolute atomic E-state index is 6.08. The second kappa shape index (κ2) is 9.62. The maximum atomic E-state index is 6.08. The van der Waals surface area contributed by atoms with E-state index in [4.69, 9.17) is 27.9 Å². The second-order valence-electron chi connectivity index (χ2n) is 4.23. The molecule has 0 aliphatic heterocycles. The molecule has 0 saturated heterocycles. The second-order valence-corrected chi connectivity index (χ2v) is 5.08. The van der Waals surface area contributed by atoms with Crippen molar-refractivity contribution in [2.75, 3.05) is 19.8 Å². The van der Waals surface area contributed by atoms with Gasteiger partial charge in [-0.1, -0.05) is 42.6 Å². The van der Waals surface area contributed by atoms with E-state index in [-0.39, 0.29) is 0 Å². The smallest absolute Gasteiger partial charge is 0.0478 e. The predicted octanol–water partition coefficient (Wildman–Crippen LogP) is 4.29. The van der Waals surface area contributed by atoms with Gasteiger partial charge in [0.25, 0.3) is 0 Å². The standard InChI is InChI=1S/C14H21Cl2NO/c1-2-3-8-18-9-4-7-17-11-12-5-6-13(15)10-14(12)16/h5-6,10,17H,2-4,7-9,11H2,1H3. The van der Waals surface area contributed by atoms with Gasteiger partial charge in [-0.05, 0) is 37.1 Å². The molecule has 0 spiro atoms. The molecule has 0 atom stereocenters. The van der Waals surface area contributed by atoms with Crippen LogP contribution >= 0.6 is 23.2 Å². The highest BCUT2D eigenvalue weighted by Crippen LogP contribution is 2.20. The van der Waals surface area contributed by atoms with Crippen molar-refractivity contribution in [3.05, 3.63) is 33.8 Å². The molecule has 0 bridgehead atoms. The first-order valence-corrected chi connectivity index (χ1v) is 7.22. The van der Waals surface area contributed by atoms with Crippen molar-refractivity contribution < 1.29 is 4.74 Å². The van der Waals surface area contributed by atoms with Crippen LogP contribution in [0.2, 0.25) is 10.0 Å². The van der Waals surface area contributed by atoms with E-state index in [2.05, 4.69) is 12.2 Å². The van der Waals surface area contributed by atoms with E-state index in [9.17, 15) is 0 Å². The molecule has 0 radical (unpaired) electrons. The van der Waals surface area contributed by atoms with Crippen LogP contribution in [0, 0.1) is 0 Å². The highest BCUT2D eigenvalue weighted by Gasteiger charge is 2.00. The molecule has 4 heteroatoms. The summed E-state index contributed by atoms with van der Waals surface area (Å²) in [6, 6.07) is 5.59. The van der Waals surface area contributed by atoms with Gasteiger partial charge in [-0.3, -0.25) is 0 Å². The van der Waals surface area contributed by atoms with Crippen molar-refractivity contribution in [2.45, 2.75) is 32.7 Å². The maximum Gasteiger partial charge on any atom is 0.0478 e. The normalized spacial score (nSPS) is 10.8. The fourth-order valence-electron chi connectivity index (χ4n) is 1.54. The Kier molecular flexibility index (Phi) is 8.44. The largest absolute Gasteiger partial charge is 0.381 e. The molecule has 0 amide bonds.